The van der Waals surface area contributed by atoms with Gasteiger partial charge in [-0.3, -0.25) is 4.79 Å². The molecule has 21 heavy (non-hydrogen) atoms. The number of hydrogen-bond donors (Lipinski definition) is 1. The second-order valence-corrected chi connectivity index (χ2v) is 5.92. The van der Waals surface area contributed by atoms with Gasteiger partial charge in [0.1, 0.15) is 5.75 Å². The smallest absolute Gasteiger partial charge is 0.251 e. The molecule has 0 radical (unpaired) electrons. The molecule has 0 bridgehead atoms. The van der Waals surface area contributed by atoms with E-state index in [1.165, 1.54) is 0 Å². The molecule has 2 aromatic rings. The highest BCUT2D eigenvalue weighted by molar-refractivity contribution is 9.10. The molecule has 1 amide bonds. The highest BCUT2D eigenvalue weighted by Crippen LogP contribution is 2.15. The van der Waals surface area contributed by atoms with Crippen LogP contribution in [0.5, 0.6) is 5.75 Å². The van der Waals surface area contributed by atoms with Crippen molar-refractivity contribution in [3.63, 3.8) is 0 Å². The van der Waals surface area contributed by atoms with Crippen molar-refractivity contribution >= 4 is 21.8 Å². The summed E-state index contributed by atoms with van der Waals surface area (Å²) in [5.74, 6) is 0.601. The molecule has 0 unspecified atom stereocenters. The van der Waals surface area contributed by atoms with Crippen LogP contribution in [-0.4, -0.2) is 12.0 Å². The summed E-state index contributed by atoms with van der Waals surface area (Å²) in [7, 11) is 0. The lowest BCUT2D eigenvalue weighted by Crippen LogP contribution is -2.22. The first kappa shape index (κ1) is 15.6. The van der Waals surface area contributed by atoms with Gasteiger partial charge in [0.15, 0.2) is 0 Å². The average molecular weight is 348 g/mol. The fraction of sp³-hybridized carbons (Fsp3) is 0.235. The Morgan fingerprint density at radius 1 is 1.19 bits per heavy atom. The highest BCUT2D eigenvalue weighted by Gasteiger charge is 2.07. The van der Waals surface area contributed by atoms with E-state index in [-0.39, 0.29) is 12.0 Å². The molecule has 1 N–H and O–H groups in total. The third kappa shape index (κ3) is 4.90. The first-order valence-corrected chi connectivity index (χ1v) is 7.63. The van der Waals surface area contributed by atoms with E-state index in [4.69, 9.17) is 4.74 Å². The van der Waals surface area contributed by atoms with Gasteiger partial charge < -0.3 is 10.1 Å². The molecule has 3 nitrogen and oxygen atoms in total. The first-order chi connectivity index (χ1) is 10.0. The predicted octanol–water partition coefficient (Wildman–Crippen LogP) is 4.17. The lowest BCUT2D eigenvalue weighted by atomic mass is 10.2. The molecule has 0 aliphatic rings. The average Bonchev–Trinajstić information content (AvgIpc) is 2.44. The van der Waals surface area contributed by atoms with Gasteiger partial charge in [0, 0.05) is 16.6 Å². The number of hydrogen-bond acceptors (Lipinski definition) is 2. The summed E-state index contributed by atoms with van der Waals surface area (Å²) in [4.78, 5) is 12.2. The molecule has 0 atom stereocenters. The van der Waals surface area contributed by atoms with E-state index in [1.807, 2.05) is 50.2 Å². The molecule has 0 aliphatic carbocycles. The monoisotopic (exact) mass is 347 g/mol. The minimum Gasteiger partial charge on any atom is -0.491 e. The minimum absolute atomic E-state index is 0.0879. The van der Waals surface area contributed by atoms with Crippen molar-refractivity contribution in [2.45, 2.75) is 26.5 Å². The zero-order valence-electron chi connectivity index (χ0n) is 12.1. The summed E-state index contributed by atoms with van der Waals surface area (Å²) in [6.45, 7) is 4.41. The number of halogens is 1. The number of ether oxygens (including phenoxy) is 1. The van der Waals surface area contributed by atoms with E-state index in [0.717, 1.165) is 10.0 Å². The lowest BCUT2D eigenvalue weighted by Gasteiger charge is -2.11. The standard InChI is InChI=1S/C17H18BrNO2/c1-12(2)21-16-8-4-6-14(10-16)17(20)19-11-13-5-3-7-15(18)9-13/h3-10,12H,11H2,1-2H3,(H,19,20). The van der Waals surface area contributed by atoms with Gasteiger partial charge in [-0.25, -0.2) is 0 Å². The molecule has 0 saturated heterocycles. The Balaban J connectivity index is 2.00. The van der Waals surface area contributed by atoms with E-state index in [0.29, 0.717) is 17.9 Å². The number of rotatable bonds is 5. The Kier molecular flexibility index (Phi) is 5.39. The van der Waals surface area contributed by atoms with Crippen LogP contribution in [0.2, 0.25) is 0 Å². The summed E-state index contributed by atoms with van der Waals surface area (Å²) in [6, 6.07) is 15.1. The van der Waals surface area contributed by atoms with E-state index in [9.17, 15) is 4.79 Å². The van der Waals surface area contributed by atoms with Gasteiger partial charge in [0.05, 0.1) is 6.10 Å². The molecule has 0 spiro atoms. The third-order valence-electron chi connectivity index (χ3n) is 2.81. The van der Waals surface area contributed by atoms with E-state index < -0.39 is 0 Å². The third-order valence-corrected chi connectivity index (χ3v) is 3.30. The summed E-state index contributed by atoms with van der Waals surface area (Å²) >= 11 is 3.42. The van der Waals surface area contributed by atoms with Gasteiger partial charge >= 0.3 is 0 Å². The van der Waals surface area contributed by atoms with Gasteiger partial charge in [0.2, 0.25) is 0 Å². The van der Waals surface area contributed by atoms with Crippen LogP contribution in [-0.2, 0) is 6.54 Å². The number of nitrogens with one attached hydrogen (secondary N) is 1. The molecular weight excluding hydrogens is 330 g/mol. The second-order valence-electron chi connectivity index (χ2n) is 5.01. The van der Waals surface area contributed by atoms with Crippen molar-refractivity contribution in [1.82, 2.24) is 5.32 Å². The Morgan fingerprint density at radius 2 is 1.95 bits per heavy atom. The maximum absolute atomic E-state index is 12.2. The van der Waals surface area contributed by atoms with E-state index in [2.05, 4.69) is 21.2 Å². The Hall–Kier alpha value is -1.81. The zero-order chi connectivity index (χ0) is 15.2. The highest BCUT2D eigenvalue weighted by atomic mass is 79.9. The topological polar surface area (TPSA) is 38.3 Å². The van der Waals surface area contributed by atoms with Gasteiger partial charge in [-0.2, -0.15) is 0 Å². The van der Waals surface area contributed by atoms with Crippen LogP contribution in [0.4, 0.5) is 0 Å². The van der Waals surface area contributed by atoms with Crippen LogP contribution in [0.1, 0.15) is 29.8 Å². The van der Waals surface area contributed by atoms with Crippen molar-refractivity contribution in [3.05, 3.63) is 64.1 Å². The van der Waals surface area contributed by atoms with Crippen molar-refractivity contribution in [3.8, 4) is 5.75 Å². The molecule has 2 rings (SSSR count). The van der Waals surface area contributed by atoms with Gasteiger partial charge in [-0.15, -0.1) is 0 Å². The predicted molar refractivity (Wildman–Crippen MR) is 87.5 cm³/mol. The number of carbonyl (C=O) groups is 1. The molecule has 2 aromatic carbocycles. The Labute approximate surface area is 133 Å². The van der Waals surface area contributed by atoms with Gasteiger partial charge in [-0.1, -0.05) is 34.1 Å². The van der Waals surface area contributed by atoms with Crippen molar-refractivity contribution in [2.24, 2.45) is 0 Å². The van der Waals surface area contributed by atoms with Crippen LogP contribution in [0.3, 0.4) is 0 Å². The second kappa shape index (κ2) is 7.27. The number of amides is 1. The number of carbonyl (C=O) groups excluding carboxylic acids is 1. The Morgan fingerprint density at radius 3 is 2.67 bits per heavy atom. The summed E-state index contributed by atoms with van der Waals surface area (Å²) in [5, 5.41) is 2.91. The van der Waals surface area contributed by atoms with Crippen molar-refractivity contribution < 1.29 is 9.53 Å². The van der Waals surface area contributed by atoms with Crippen LogP contribution in [0.15, 0.2) is 53.0 Å². The van der Waals surface area contributed by atoms with Crippen LogP contribution < -0.4 is 10.1 Å². The molecule has 0 aromatic heterocycles. The Bertz CT molecular complexity index is 626. The maximum Gasteiger partial charge on any atom is 0.251 e. The fourth-order valence-corrected chi connectivity index (χ4v) is 2.36. The maximum atomic E-state index is 12.2. The van der Waals surface area contributed by atoms with E-state index in [1.54, 1.807) is 12.1 Å². The summed E-state index contributed by atoms with van der Waals surface area (Å²) in [6.07, 6.45) is 0.0879. The first-order valence-electron chi connectivity index (χ1n) is 6.84. The van der Waals surface area contributed by atoms with Gasteiger partial charge in [0.25, 0.3) is 5.91 Å². The van der Waals surface area contributed by atoms with Crippen LogP contribution in [0.25, 0.3) is 0 Å². The lowest BCUT2D eigenvalue weighted by molar-refractivity contribution is 0.0950. The van der Waals surface area contributed by atoms with Gasteiger partial charge in [-0.05, 0) is 49.7 Å². The quantitative estimate of drug-likeness (QED) is 0.881. The molecule has 0 heterocycles. The zero-order valence-corrected chi connectivity index (χ0v) is 13.7. The van der Waals surface area contributed by atoms with E-state index >= 15 is 0 Å². The molecule has 0 saturated carbocycles. The minimum atomic E-state index is -0.107. The molecule has 0 fully saturated rings. The van der Waals surface area contributed by atoms with Crippen molar-refractivity contribution in [1.29, 1.82) is 0 Å². The summed E-state index contributed by atoms with van der Waals surface area (Å²) in [5.41, 5.74) is 1.65. The molecule has 0 aliphatic heterocycles. The largest absolute Gasteiger partial charge is 0.491 e. The molecule has 110 valence electrons. The normalized spacial score (nSPS) is 10.5. The SMILES string of the molecule is CC(C)Oc1cccc(C(=O)NCc2cccc(Br)c2)c1. The molecule has 4 heteroatoms. The number of benzene rings is 2. The summed E-state index contributed by atoms with van der Waals surface area (Å²) < 4.78 is 6.60. The fourth-order valence-electron chi connectivity index (χ4n) is 1.91. The van der Waals surface area contributed by atoms with Crippen LogP contribution in [0, 0.1) is 0 Å². The van der Waals surface area contributed by atoms with Crippen LogP contribution >= 0.6 is 15.9 Å². The van der Waals surface area contributed by atoms with Crippen molar-refractivity contribution in [2.75, 3.05) is 0 Å². The molecular formula is C17H18BrNO2.